The third-order valence-electron chi connectivity index (χ3n) is 3.70. The Morgan fingerprint density at radius 2 is 2.14 bits per heavy atom. The summed E-state index contributed by atoms with van der Waals surface area (Å²) in [5, 5.41) is 19.9. The molecule has 4 atom stereocenters. The van der Waals surface area contributed by atoms with E-state index in [1.165, 1.54) is 0 Å². The highest BCUT2D eigenvalue weighted by Crippen LogP contribution is 2.21. The molecule has 0 radical (unpaired) electrons. The number of terminal acetylenes is 1. The highest BCUT2D eigenvalue weighted by Gasteiger charge is 2.30. The normalized spacial score (nSPS) is 25.0. The third kappa shape index (κ3) is 4.83. The molecule has 1 aliphatic rings. The predicted octanol–water partition coefficient (Wildman–Crippen LogP) is 1.50. The van der Waals surface area contributed by atoms with Crippen LogP contribution in [0.5, 0.6) is 0 Å². The van der Waals surface area contributed by atoms with Gasteiger partial charge in [-0.1, -0.05) is 36.3 Å². The molecule has 2 unspecified atom stereocenters. The molecule has 4 heteroatoms. The van der Waals surface area contributed by atoms with Crippen LogP contribution in [0.1, 0.15) is 24.8 Å². The second-order valence-corrected chi connectivity index (χ2v) is 5.30. The van der Waals surface area contributed by atoms with Crippen molar-refractivity contribution in [3.05, 3.63) is 35.9 Å². The zero-order valence-electron chi connectivity index (χ0n) is 12.0. The van der Waals surface area contributed by atoms with Crippen LogP contribution < -0.4 is 0 Å². The van der Waals surface area contributed by atoms with Crippen LogP contribution in [-0.2, 0) is 16.1 Å². The summed E-state index contributed by atoms with van der Waals surface area (Å²) in [5.74, 6) is 2.30. The van der Waals surface area contributed by atoms with Crippen molar-refractivity contribution in [1.82, 2.24) is 0 Å². The van der Waals surface area contributed by atoms with Gasteiger partial charge in [0.2, 0.25) is 0 Å². The second-order valence-electron chi connectivity index (χ2n) is 5.30. The fourth-order valence-corrected chi connectivity index (χ4v) is 2.45. The quantitative estimate of drug-likeness (QED) is 0.780. The van der Waals surface area contributed by atoms with Crippen molar-refractivity contribution in [2.24, 2.45) is 0 Å². The van der Waals surface area contributed by atoms with Crippen molar-refractivity contribution in [2.45, 2.75) is 50.3 Å². The van der Waals surface area contributed by atoms with Crippen LogP contribution in [0.3, 0.4) is 0 Å². The molecule has 4 nitrogen and oxygen atoms in total. The monoisotopic (exact) mass is 290 g/mol. The van der Waals surface area contributed by atoms with Crippen LogP contribution >= 0.6 is 0 Å². The molecule has 114 valence electrons. The van der Waals surface area contributed by atoms with Gasteiger partial charge in [-0.2, -0.15) is 0 Å². The molecule has 2 rings (SSSR count). The molecular weight excluding hydrogens is 268 g/mol. The molecule has 1 aliphatic heterocycles. The number of hydrogen-bond acceptors (Lipinski definition) is 4. The molecule has 0 saturated carbocycles. The predicted molar refractivity (Wildman–Crippen MR) is 79.5 cm³/mol. The Bertz CT molecular complexity index is 454. The molecule has 1 fully saturated rings. The molecule has 21 heavy (non-hydrogen) atoms. The average Bonchev–Trinajstić information content (AvgIpc) is 2.53. The zero-order chi connectivity index (χ0) is 15.1. The first-order valence-corrected chi connectivity index (χ1v) is 7.30. The summed E-state index contributed by atoms with van der Waals surface area (Å²) in [5.41, 5.74) is 1.01. The van der Waals surface area contributed by atoms with E-state index in [0.29, 0.717) is 26.1 Å². The zero-order valence-corrected chi connectivity index (χ0v) is 12.0. The summed E-state index contributed by atoms with van der Waals surface area (Å²) < 4.78 is 11.3. The van der Waals surface area contributed by atoms with E-state index in [-0.39, 0.29) is 6.10 Å². The molecule has 0 aromatic heterocycles. The maximum atomic E-state index is 9.94. The summed E-state index contributed by atoms with van der Waals surface area (Å²) in [4.78, 5) is 0. The van der Waals surface area contributed by atoms with Crippen LogP contribution in [0.2, 0.25) is 0 Å². The highest BCUT2D eigenvalue weighted by atomic mass is 16.5. The molecule has 0 aliphatic carbocycles. The van der Waals surface area contributed by atoms with Crippen LogP contribution in [0.15, 0.2) is 30.3 Å². The molecule has 1 aromatic carbocycles. The van der Waals surface area contributed by atoms with Gasteiger partial charge in [0.05, 0.1) is 24.9 Å². The van der Waals surface area contributed by atoms with E-state index in [1.54, 1.807) is 0 Å². The van der Waals surface area contributed by atoms with Gasteiger partial charge in [0.1, 0.15) is 6.10 Å². The average molecular weight is 290 g/mol. The van der Waals surface area contributed by atoms with Crippen LogP contribution in [0.4, 0.5) is 0 Å². The minimum Gasteiger partial charge on any atom is -0.390 e. The number of rotatable bonds is 6. The maximum absolute atomic E-state index is 9.94. The Morgan fingerprint density at radius 3 is 2.81 bits per heavy atom. The SMILES string of the molecule is C#CC(O)C(C[C@H]1OCCC[C@@H]1O)OCc1ccccc1. The summed E-state index contributed by atoms with van der Waals surface area (Å²) in [6.45, 7) is 0.992. The largest absolute Gasteiger partial charge is 0.390 e. The van der Waals surface area contributed by atoms with Gasteiger partial charge in [0, 0.05) is 13.0 Å². The second kappa shape index (κ2) is 8.16. The van der Waals surface area contributed by atoms with E-state index in [1.807, 2.05) is 30.3 Å². The third-order valence-corrected chi connectivity index (χ3v) is 3.70. The smallest absolute Gasteiger partial charge is 0.140 e. The molecule has 1 heterocycles. The summed E-state index contributed by atoms with van der Waals surface area (Å²) in [7, 11) is 0. The molecule has 1 saturated heterocycles. The van der Waals surface area contributed by atoms with E-state index in [4.69, 9.17) is 15.9 Å². The highest BCUT2D eigenvalue weighted by molar-refractivity contribution is 5.13. The fourth-order valence-electron chi connectivity index (χ4n) is 2.45. The Morgan fingerprint density at radius 1 is 1.38 bits per heavy atom. The van der Waals surface area contributed by atoms with Crippen molar-refractivity contribution in [3.63, 3.8) is 0 Å². The lowest BCUT2D eigenvalue weighted by molar-refractivity contribution is -0.114. The van der Waals surface area contributed by atoms with Gasteiger partial charge in [-0.05, 0) is 18.4 Å². The van der Waals surface area contributed by atoms with Crippen molar-refractivity contribution in [3.8, 4) is 12.3 Å². The lowest BCUT2D eigenvalue weighted by Gasteiger charge is -2.31. The van der Waals surface area contributed by atoms with E-state index < -0.39 is 18.3 Å². The summed E-state index contributed by atoms with van der Waals surface area (Å²) in [6.07, 6.45) is 4.84. The lowest BCUT2D eigenvalue weighted by Crippen LogP contribution is -2.40. The first kappa shape index (κ1) is 16.0. The van der Waals surface area contributed by atoms with Crippen LogP contribution in [-0.4, -0.2) is 41.2 Å². The number of aliphatic hydroxyl groups is 2. The Balaban J connectivity index is 1.93. The molecule has 0 spiro atoms. The molecule has 0 amide bonds. The van der Waals surface area contributed by atoms with E-state index in [2.05, 4.69) is 5.92 Å². The standard InChI is InChI=1S/C17H22O4/c1-2-14(18)16(11-17-15(19)9-6-10-20-17)21-12-13-7-4-3-5-8-13/h1,3-5,7-8,14-19H,6,9-12H2/t14?,15-,16?,17+/m0/s1. The molecule has 0 bridgehead atoms. The summed E-state index contributed by atoms with van der Waals surface area (Å²) in [6, 6.07) is 9.69. The van der Waals surface area contributed by atoms with Gasteiger partial charge < -0.3 is 19.7 Å². The van der Waals surface area contributed by atoms with E-state index >= 15 is 0 Å². The fraction of sp³-hybridized carbons (Fsp3) is 0.529. The van der Waals surface area contributed by atoms with Crippen LogP contribution in [0, 0.1) is 12.3 Å². The molecule has 1 aromatic rings. The number of hydrogen-bond donors (Lipinski definition) is 2. The molecule has 2 N–H and O–H groups in total. The van der Waals surface area contributed by atoms with E-state index in [9.17, 15) is 10.2 Å². The van der Waals surface area contributed by atoms with Crippen LogP contribution in [0.25, 0.3) is 0 Å². The summed E-state index contributed by atoms with van der Waals surface area (Å²) >= 11 is 0. The topological polar surface area (TPSA) is 58.9 Å². The Hall–Kier alpha value is -1.38. The number of aliphatic hydroxyl groups excluding tert-OH is 2. The first-order chi connectivity index (χ1) is 10.2. The van der Waals surface area contributed by atoms with Gasteiger partial charge in [-0.15, -0.1) is 6.42 Å². The Kier molecular flexibility index (Phi) is 6.21. The number of benzene rings is 1. The maximum Gasteiger partial charge on any atom is 0.140 e. The number of ether oxygens (including phenoxy) is 2. The van der Waals surface area contributed by atoms with Gasteiger partial charge in [-0.3, -0.25) is 0 Å². The first-order valence-electron chi connectivity index (χ1n) is 7.30. The van der Waals surface area contributed by atoms with Gasteiger partial charge in [0.15, 0.2) is 0 Å². The van der Waals surface area contributed by atoms with Gasteiger partial charge in [-0.25, -0.2) is 0 Å². The van der Waals surface area contributed by atoms with Gasteiger partial charge in [0.25, 0.3) is 0 Å². The Labute approximate surface area is 125 Å². The van der Waals surface area contributed by atoms with Crippen molar-refractivity contribution >= 4 is 0 Å². The minimum atomic E-state index is -1.01. The van der Waals surface area contributed by atoms with Crippen molar-refractivity contribution in [2.75, 3.05) is 6.61 Å². The van der Waals surface area contributed by atoms with Gasteiger partial charge >= 0.3 is 0 Å². The van der Waals surface area contributed by atoms with E-state index in [0.717, 1.165) is 12.0 Å². The lowest BCUT2D eigenvalue weighted by atomic mass is 9.98. The van der Waals surface area contributed by atoms with Crippen molar-refractivity contribution in [1.29, 1.82) is 0 Å². The molecular formula is C17H22O4. The van der Waals surface area contributed by atoms with Crippen molar-refractivity contribution < 1.29 is 19.7 Å². The minimum absolute atomic E-state index is 0.331.